The van der Waals surface area contributed by atoms with Gasteiger partial charge in [-0.05, 0) is 32.6 Å². The first-order chi connectivity index (χ1) is 9.07. The van der Waals surface area contributed by atoms with Crippen molar-refractivity contribution in [3.63, 3.8) is 0 Å². The summed E-state index contributed by atoms with van der Waals surface area (Å²) in [6.07, 6.45) is 7.33. The molecule has 2 N–H and O–H groups in total. The first kappa shape index (κ1) is 15.2. The number of nitrogens with two attached hydrogens (primary N) is 1. The molecular formula is C13H27N3O2S. The zero-order chi connectivity index (χ0) is 13.9. The molecule has 0 bridgehead atoms. The molecule has 2 aliphatic rings. The number of hydrogen-bond acceptors (Lipinski definition) is 3. The predicted octanol–water partition coefficient (Wildman–Crippen LogP) is 1.31. The Morgan fingerprint density at radius 3 is 2.37 bits per heavy atom. The lowest BCUT2D eigenvalue weighted by Gasteiger charge is -2.38. The predicted molar refractivity (Wildman–Crippen MR) is 77.0 cm³/mol. The van der Waals surface area contributed by atoms with E-state index in [-0.39, 0.29) is 12.1 Å². The van der Waals surface area contributed by atoms with Gasteiger partial charge in [-0.2, -0.15) is 17.0 Å². The van der Waals surface area contributed by atoms with Gasteiger partial charge in [-0.3, -0.25) is 0 Å². The van der Waals surface area contributed by atoms with Crippen molar-refractivity contribution in [1.29, 1.82) is 0 Å². The first-order valence-corrected chi connectivity index (χ1v) is 8.95. The SMILES string of the molecule is CC1CCCCN1S(=O)(=O)N(CCN)C1CCCC1. The molecule has 0 amide bonds. The largest absolute Gasteiger partial charge is 0.329 e. The maximum absolute atomic E-state index is 12.9. The Balaban J connectivity index is 2.17. The lowest BCUT2D eigenvalue weighted by Crippen LogP contribution is -2.53. The zero-order valence-corrected chi connectivity index (χ0v) is 12.7. The van der Waals surface area contributed by atoms with Gasteiger partial charge in [-0.25, -0.2) is 0 Å². The van der Waals surface area contributed by atoms with Gasteiger partial charge >= 0.3 is 0 Å². The second-order valence-electron chi connectivity index (χ2n) is 5.80. The van der Waals surface area contributed by atoms with Crippen molar-refractivity contribution >= 4 is 10.2 Å². The van der Waals surface area contributed by atoms with E-state index in [9.17, 15) is 8.42 Å². The smallest absolute Gasteiger partial charge is 0.282 e. The Morgan fingerprint density at radius 2 is 1.79 bits per heavy atom. The summed E-state index contributed by atoms with van der Waals surface area (Å²) in [5.74, 6) is 0. The maximum Gasteiger partial charge on any atom is 0.282 e. The molecule has 1 heterocycles. The Morgan fingerprint density at radius 1 is 1.16 bits per heavy atom. The molecule has 0 radical (unpaired) electrons. The quantitative estimate of drug-likeness (QED) is 0.830. The minimum atomic E-state index is -3.33. The molecule has 0 aromatic rings. The average Bonchev–Trinajstić information content (AvgIpc) is 2.89. The normalized spacial score (nSPS) is 27.2. The minimum absolute atomic E-state index is 0.125. The summed E-state index contributed by atoms with van der Waals surface area (Å²) in [5, 5.41) is 0. The van der Waals surface area contributed by atoms with Gasteiger partial charge in [-0.1, -0.05) is 19.3 Å². The molecule has 1 aliphatic heterocycles. The van der Waals surface area contributed by atoms with E-state index in [0.717, 1.165) is 44.9 Å². The van der Waals surface area contributed by atoms with E-state index in [1.165, 1.54) is 0 Å². The average molecular weight is 289 g/mol. The molecule has 6 heteroatoms. The topological polar surface area (TPSA) is 66.6 Å². The second kappa shape index (κ2) is 6.52. The van der Waals surface area contributed by atoms with Gasteiger partial charge in [0.1, 0.15) is 0 Å². The Hall–Kier alpha value is -0.170. The van der Waals surface area contributed by atoms with E-state index in [4.69, 9.17) is 5.73 Å². The summed E-state index contributed by atoms with van der Waals surface area (Å²) in [6.45, 7) is 3.54. The van der Waals surface area contributed by atoms with Gasteiger partial charge in [0, 0.05) is 31.7 Å². The van der Waals surface area contributed by atoms with Crippen LogP contribution in [0.1, 0.15) is 51.9 Å². The summed E-state index contributed by atoms with van der Waals surface area (Å²) in [7, 11) is -3.33. The molecule has 19 heavy (non-hydrogen) atoms. The van der Waals surface area contributed by atoms with Crippen molar-refractivity contribution in [2.45, 2.75) is 64.0 Å². The highest BCUT2D eigenvalue weighted by Gasteiger charge is 2.38. The van der Waals surface area contributed by atoms with Crippen LogP contribution in [0.25, 0.3) is 0 Å². The molecule has 2 fully saturated rings. The number of nitrogens with zero attached hydrogens (tertiary/aromatic N) is 2. The summed E-state index contributed by atoms with van der Waals surface area (Å²) in [4.78, 5) is 0. The molecule has 0 spiro atoms. The van der Waals surface area contributed by atoms with Gasteiger partial charge < -0.3 is 5.73 Å². The van der Waals surface area contributed by atoms with E-state index < -0.39 is 10.2 Å². The standard InChI is InChI=1S/C13H27N3O2S/c1-12-6-4-5-10-15(12)19(17,18)16(11-9-14)13-7-2-3-8-13/h12-13H,2-11,14H2,1H3. The number of piperidine rings is 1. The molecule has 0 aromatic heterocycles. The van der Waals surface area contributed by atoms with Gasteiger partial charge in [0.25, 0.3) is 10.2 Å². The molecule has 112 valence electrons. The van der Waals surface area contributed by atoms with E-state index in [2.05, 4.69) is 0 Å². The first-order valence-electron chi connectivity index (χ1n) is 7.56. The Labute approximate surface area is 117 Å². The number of rotatable bonds is 5. The van der Waals surface area contributed by atoms with Crippen LogP contribution in [0.2, 0.25) is 0 Å². The third kappa shape index (κ3) is 3.29. The van der Waals surface area contributed by atoms with E-state index >= 15 is 0 Å². The maximum atomic E-state index is 12.9. The molecule has 1 atom stereocenters. The summed E-state index contributed by atoms with van der Waals surface area (Å²) in [5.41, 5.74) is 5.63. The van der Waals surface area contributed by atoms with Crippen molar-refractivity contribution < 1.29 is 8.42 Å². The lowest BCUT2D eigenvalue weighted by molar-refractivity contribution is 0.228. The van der Waals surface area contributed by atoms with Crippen LogP contribution in [0.3, 0.4) is 0 Å². The molecule has 1 saturated heterocycles. The van der Waals surface area contributed by atoms with Crippen LogP contribution < -0.4 is 5.73 Å². The second-order valence-corrected chi connectivity index (χ2v) is 7.63. The van der Waals surface area contributed by atoms with Gasteiger partial charge in [0.05, 0.1) is 0 Å². The van der Waals surface area contributed by atoms with Crippen molar-refractivity contribution in [3.05, 3.63) is 0 Å². The fourth-order valence-corrected chi connectivity index (χ4v) is 5.47. The van der Waals surface area contributed by atoms with Crippen molar-refractivity contribution in [1.82, 2.24) is 8.61 Å². The van der Waals surface area contributed by atoms with Crippen LogP contribution in [0.15, 0.2) is 0 Å². The van der Waals surface area contributed by atoms with Crippen LogP contribution in [0.4, 0.5) is 0 Å². The molecule has 2 rings (SSSR count). The number of hydrogen-bond donors (Lipinski definition) is 1. The molecule has 1 saturated carbocycles. The van der Waals surface area contributed by atoms with E-state index in [1.54, 1.807) is 8.61 Å². The van der Waals surface area contributed by atoms with Crippen molar-refractivity contribution in [3.8, 4) is 0 Å². The highest BCUT2D eigenvalue weighted by molar-refractivity contribution is 7.86. The Bertz CT molecular complexity index is 379. The Kier molecular flexibility index (Phi) is 5.22. The highest BCUT2D eigenvalue weighted by atomic mass is 32.2. The van der Waals surface area contributed by atoms with E-state index in [0.29, 0.717) is 19.6 Å². The van der Waals surface area contributed by atoms with Crippen molar-refractivity contribution in [2.24, 2.45) is 5.73 Å². The third-order valence-electron chi connectivity index (χ3n) is 4.42. The van der Waals surface area contributed by atoms with Crippen LogP contribution >= 0.6 is 0 Å². The molecule has 1 unspecified atom stereocenters. The van der Waals surface area contributed by atoms with Crippen LogP contribution in [-0.2, 0) is 10.2 Å². The lowest BCUT2D eigenvalue weighted by atomic mass is 10.1. The minimum Gasteiger partial charge on any atom is -0.329 e. The van der Waals surface area contributed by atoms with Crippen LogP contribution in [0, 0.1) is 0 Å². The van der Waals surface area contributed by atoms with E-state index in [1.807, 2.05) is 6.92 Å². The van der Waals surface area contributed by atoms with Crippen LogP contribution in [-0.4, -0.2) is 48.7 Å². The summed E-state index contributed by atoms with van der Waals surface area (Å²) >= 11 is 0. The third-order valence-corrected chi connectivity index (χ3v) is 6.62. The molecule has 0 aromatic carbocycles. The molecule has 5 nitrogen and oxygen atoms in total. The van der Waals surface area contributed by atoms with Crippen LogP contribution in [0.5, 0.6) is 0 Å². The fourth-order valence-electron chi connectivity index (χ4n) is 3.36. The van der Waals surface area contributed by atoms with Crippen molar-refractivity contribution in [2.75, 3.05) is 19.6 Å². The summed E-state index contributed by atoms with van der Waals surface area (Å²) in [6, 6.07) is 0.295. The molecular weight excluding hydrogens is 262 g/mol. The van der Waals surface area contributed by atoms with Gasteiger partial charge in [0.2, 0.25) is 0 Å². The van der Waals surface area contributed by atoms with Gasteiger partial charge in [0.15, 0.2) is 0 Å². The fraction of sp³-hybridized carbons (Fsp3) is 1.00. The van der Waals surface area contributed by atoms with Gasteiger partial charge in [-0.15, -0.1) is 0 Å². The molecule has 1 aliphatic carbocycles. The zero-order valence-electron chi connectivity index (χ0n) is 11.9. The highest BCUT2D eigenvalue weighted by Crippen LogP contribution is 2.29. The summed E-state index contributed by atoms with van der Waals surface area (Å²) < 4.78 is 29.1. The monoisotopic (exact) mass is 289 g/mol.